The third-order valence-corrected chi connectivity index (χ3v) is 3.95. The van der Waals surface area contributed by atoms with Crippen LogP contribution in [0.4, 0.5) is 14.6 Å². The van der Waals surface area contributed by atoms with Gasteiger partial charge in [0.2, 0.25) is 5.91 Å². The standard InChI is InChI=1S/C18H23F2N7O3/c1-12-9-24-15(25-11-18(19,20)13-5-3-2-4-6-13)16(29)27(12)10-14(28)23-7-8-30-26-17(21)22/h2-6,9H,7-8,10-11H2,1H3,(H,23,28)(H,24,25)(H4,21,22,26)/p+1. The molecule has 0 unspecified atom stereocenters. The highest BCUT2D eigenvalue weighted by Gasteiger charge is 2.31. The van der Waals surface area contributed by atoms with E-state index in [0.29, 0.717) is 5.69 Å². The van der Waals surface area contributed by atoms with Crippen molar-refractivity contribution in [3.8, 4) is 0 Å². The molecule has 1 aromatic heterocycles. The van der Waals surface area contributed by atoms with Crippen LogP contribution < -0.4 is 32.8 Å². The number of amides is 1. The van der Waals surface area contributed by atoms with Gasteiger partial charge in [0.25, 0.3) is 11.5 Å². The molecule has 7 N–H and O–H groups in total. The SMILES string of the molecule is Cc1cnc(NCC(F)(F)c2ccccc2)c(=O)n1CC(=O)NCCO[NH+]=C(N)N. The first kappa shape index (κ1) is 22.6. The highest BCUT2D eigenvalue weighted by Crippen LogP contribution is 2.27. The van der Waals surface area contributed by atoms with Gasteiger partial charge in [0.1, 0.15) is 13.2 Å². The molecule has 1 aromatic carbocycles. The molecule has 10 nitrogen and oxygen atoms in total. The molecule has 1 amide bonds. The van der Waals surface area contributed by atoms with Crippen LogP contribution in [0.1, 0.15) is 11.3 Å². The summed E-state index contributed by atoms with van der Waals surface area (Å²) in [6.45, 7) is 0.661. The van der Waals surface area contributed by atoms with E-state index in [1.807, 2.05) is 0 Å². The van der Waals surface area contributed by atoms with E-state index in [9.17, 15) is 18.4 Å². The van der Waals surface area contributed by atoms with Crippen molar-refractivity contribution in [2.24, 2.45) is 11.5 Å². The van der Waals surface area contributed by atoms with E-state index in [0.717, 1.165) is 4.57 Å². The van der Waals surface area contributed by atoms with Gasteiger partial charge in [-0.15, -0.1) is 5.16 Å². The van der Waals surface area contributed by atoms with Crippen molar-refractivity contribution in [3.05, 3.63) is 58.1 Å². The molecular weight excluding hydrogens is 400 g/mol. The van der Waals surface area contributed by atoms with Crippen LogP contribution in [-0.2, 0) is 22.1 Å². The monoisotopic (exact) mass is 424 g/mol. The predicted octanol–water partition coefficient (Wildman–Crippen LogP) is -1.84. The van der Waals surface area contributed by atoms with Crippen molar-refractivity contribution >= 4 is 17.7 Å². The molecule has 30 heavy (non-hydrogen) atoms. The molecule has 0 aliphatic carbocycles. The van der Waals surface area contributed by atoms with E-state index in [4.69, 9.17) is 16.3 Å². The van der Waals surface area contributed by atoms with Gasteiger partial charge in [-0.1, -0.05) is 30.3 Å². The minimum Gasteiger partial charge on any atom is -0.362 e. The summed E-state index contributed by atoms with van der Waals surface area (Å²) in [5.74, 6) is -4.08. The number of benzene rings is 1. The average Bonchev–Trinajstić information content (AvgIpc) is 2.70. The molecule has 0 bridgehead atoms. The third-order valence-electron chi connectivity index (χ3n) is 3.95. The van der Waals surface area contributed by atoms with Gasteiger partial charge in [0, 0.05) is 17.5 Å². The zero-order valence-electron chi connectivity index (χ0n) is 16.3. The van der Waals surface area contributed by atoms with E-state index in [1.165, 1.54) is 30.5 Å². The molecular formula is C18H24F2N7O3+. The van der Waals surface area contributed by atoms with Gasteiger partial charge >= 0.3 is 5.96 Å². The average molecular weight is 424 g/mol. The summed E-state index contributed by atoms with van der Waals surface area (Å²) in [6, 6.07) is 7.23. The van der Waals surface area contributed by atoms with Crippen LogP contribution in [0.5, 0.6) is 0 Å². The van der Waals surface area contributed by atoms with Crippen molar-refractivity contribution < 1.29 is 23.6 Å². The largest absolute Gasteiger partial charge is 0.375 e. The van der Waals surface area contributed by atoms with Crippen molar-refractivity contribution in [2.45, 2.75) is 19.4 Å². The number of hydrogen-bond donors (Lipinski definition) is 5. The number of nitrogens with one attached hydrogen (secondary N) is 3. The van der Waals surface area contributed by atoms with Crippen LogP contribution in [0.25, 0.3) is 0 Å². The predicted molar refractivity (Wildman–Crippen MR) is 105 cm³/mol. The number of guanidine groups is 1. The maximum absolute atomic E-state index is 14.3. The first-order chi connectivity index (χ1) is 14.2. The molecule has 0 atom stereocenters. The molecule has 1 heterocycles. The molecule has 0 fully saturated rings. The molecule has 0 aliphatic rings. The summed E-state index contributed by atoms with van der Waals surface area (Å²) in [7, 11) is 0. The lowest BCUT2D eigenvalue weighted by molar-refractivity contribution is -0.753. The minimum absolute atomic E-state index is 0.0786. The molecule has 0 aliphatic heterocycles. The number of rotatable bonds is 10. The lowest BCUT2D eigenvalue weighted by atomic mass is 10.1. The fourth-order valence-electron chi connectivity index (χ4n) is 2.44. The topological polar surface area (TPSA) is 151 Å². The molecule has 0 saturated carbocycles. The molecule has 12 heteroatoms. The number of alkyl halides is 2. The summed E-state index contributed by atoms with van der Waals surface area (Å²) < 4.78 is 29.8. The Kier molecular flexibility index (Phi) is 7.67. The van der Waals surface area contributed by atoms with Crippen LogP contribution in [0.3, 0.4) is 0 Å². The Hall–Kier alpha value is -3.70. The van der Waals surface area contributed by atoms with E-state index in [1.54, 1.807) is 13.0 Å². The third kappa shape index (κ3) is 6.43. The van der Waals surface area contributed by atoms with Crippen LogP contribution in [0.15, 0.2) is 41.3 Å². The van der Waals surface area contributed by atoms with E-state index in [2.05, 4.69) is 20.8 Å². The highest BCUT2D eigenvalue weighted by molar-refractivity contribution is 5.75. The van der Waals surface area contributed by atoms with Gasteiger partial charge in [-0.25, -0.2) is 4.98 Å². The molecule has 2 rings (SSSR count). The zero-order chi connectivity index (χ0) is 22.1. The highest BCUT2D eigenvalue weighted by atomic mass is 19.3. The first-order valence-corrected chi connectivity index (χ1v) is 8.97. The molecule has 0 saturated heterocycles. The number of carbonyl (C=O) groups is 1. The number of halogens is 2. The Balaban J connectivity index is 2.00. The van der Waals surface area contributed by atoms with E-state index < -0.39 is 23.9 Å². The van der Waals surface area contributed by atoms with Gasteiger partial charge in [-0.05, 0) is 6.92 Å². The van der Waals surface area contributed by atoms with Crippen molar-refractivity contribution in [1.29, 1.82) is 0 Å². The van der Waals surface area contributed by atoms with Gasteiger partial charge in [-0.2, -0.15) is 8.78 Å². The fraction of sp³-hybridized carbons (Fsp3) is 0.333. The Morgan fingerprint density at radius 3 is 2.67 bits per heavy atom. The van der Waals surface area contributed by atoms with Gasteiger partial charge in [0.15, 0.2) is 5.82 Å². The lowest BCUT2D eigenvalue weighted by Crippen LogP contribution is -2.77. The number of carbonyl (C=O) groups excluding carboxylic acids is 1. The minimum atomic E-state index is -3.21. The molecule has 162 valence electrons. The fourth-order valence-corrected chi connectivity index (χ4v) is 2.44. The second-order valence-corrected chi connectivity index (χ2v) is 6.32. The van der Waals surface area contributed by atoms with Gasteiger partial charge in [-0.3, -0.25) is 25.6 Å². The van der Waals surface area contributed by atoms with Crippen molar-refractivity contribution in [2.75, 3.05) is 25.0 Å². The Morgan fingerprint density at radius 2 is 2.00 bits per heavy atom. The van der Waals surface area contributed by atoms with Gasteiger partial charge < -0.3 is 15.5 Å². The normalized spacial score (nSPS) is 10.9. The van der Waals surface area contributed by atoms with Crippen LogP contribution in [-0.4, -0.2) is 41.1 Å². The smallest absolute Gasteiger partial charge is 0.362 e. The molecule has 0 spiro atoms. The maximum Gasteiger partial charge on any atom is 0.375 e. The number of nitrogens with zero attached hydrogens (tertiary/aromatic N) is 2. The van der Waals surface area contributed by atoms with Crippen molar-refractivity contribution in [1.82, 2.24) is 14.9 Å². The zero-order valence-corrected chi connectivity index (χ0v) is 16.3. The molecule has 0 radical (unpaired) electrons. The number of aryl methyl sites for hydroxylation is 1. The Bertz CT molecular complexity index is 945. The second-order valence-electron chi connectivity index (χ2n) is 6.32. The summed E-state index contributed by atoms with van der Waals surface area (Å²) in [4.78, 5) is 33.4. The number of hydrogen-bond acceptors (Lipinski definition) is 5. The summed E-state index contributed by atoms with van der Waals surface area (Å²) >= 11 is 0. The lowest BCUT2D eigenvalue weighted by Gasteiger charge is -2.18. The summed E-state index contributed by atoms with van der Waals surface area (Å²) in [5.41, 5.74) is 9.82. The molecule has 2 aromatic rings. The van der Waals surface area contributed by atoms with Crippen LogP contribution >= 0.6 is 0 Å². The Morgan fingerprint density at radius 1 is 1.30 bits per heavy atom. The van der Waals surface area contributed by atoms with Crippen LogP contribution in [0.2, 0.25) is 0 Å². The van der Waals surface area contributed by atoms with Crippen molar-refractivity contribution in [3.63, 3.8) is 0 Å². The van der Waals surface area contributed by atoms with E-state index in [-0.39, 0.29) is 37.0 Å². The number of aromatic nitrogens is 2. The first-order valence-electron chi connectivity index (χ1n) is 8.97. The quantitative estimate of drug-likeness (QED) is 0.130. The van der Waals surface area contributed by atoms with Gasteiger partial charge in [0.05, 0.1) is 13.1 Å². The summed E-state index contributed by atoms with van der Waals surface area (Å²) in [6.07, 6.45) is 1.32. The van der Waals surface area contributed by atoms with Crippen LogP contribution in [0, 0.1) is 6.92 Å². The second kappa shape index (κ2) is 10.2. The Labute approximate surface area is 170 Å². The van der Waals surface area contributed by atoms with E-state index >= 15 is 0 Å². The summed E-state index contributed by atoms with van der Waals surface area (Å²) in [5, 5.41) is 7.14. The number of anilines is 1. The number of nitrogens with two attached hydrogens (primary N) is 2. The maximum atomic E-state index is 14.3.